The highest BCUT2D eigenvalue weighted by Crippen LogP contribution is 2.11. The van der Waals surface area contributed by atoms with Gasteiger partial charge in [-0.3, -0.25) is 4.98 Å². The largest absolute Gasteiger partial charge is 0.368 e. The first-order chi connectivity index (χ1) is 9.42. The predicted molar refractivity (Wildman–Crippen MR) is 78.2 cm³/mol. The standard InChI is InChI=1S/C16H15N3/c1-2-6-13(7-3-1)10-11-17-16-12-18-14-8-4-5-9-15(14)19-16/h1-9,12H,10-11H2,(H,17,19). The van der Waals surface area contributed by atoms with Crippen molar-refractivity contribution in [3.05, 3.63) is 66.4 Å². The molecule has 0 unspecified atom stereocenters. The van der Waals surface area contributed by atoms with Gasteiger partial charge in [0.05, 0.1) is 17.2 Å². The summed E-state index contributed by atoms with van der Waals surface area (Å²) in [5.74, 6) is 0.828. The second-order valence-electron chi connectivity index (χ2n) is 4.41. The van der Waals surface area contributed by atoms with Crippen LogP contribution in [0.25, 0.3) is 11.0 Å². The van der Waals surface area contributed by atoms with E-state index in [1.807, 2.05) is 30.3 Å². The lowest BCUT2D eigenvalue weighted by Gasteiger charge is -2.06. The second kappa shape index (κ2) is 5.48. The molecule has 0 aliphatic carbocycles. The number of nitrogens with one attached hydrogen (secondary N) is 1. The van der Waals surface area contributed by atoms with Crippen molar-refractivity contribution >= 4 is 16.9 Å². The maximum absolute atomic E-state index is 4.53. The van der Waals surface area contributed by atoms with Crippen molar-refractivity contribution in [3.63, 3.8) is 0 Å². The Labute approximate surface area is 112 Å². The fourth-order valence-electron chi connectivity index (χ4n) is 2.02. The molecule has 94 valence electrons. The first-order valence-electron chi connectivity index (χ1n) is 6.41. The van der Waals surface area contributed by atoms with E-state index in [2.05, 4.69) is 39.6 Å². The normalized spacial score (nSPS) is 10.5. The fraction of sp³-hybridized carbons (Fsp3) is 0.125. The van der Waals surface area contributed by atoms with Gasteiger partial charge >= 0.3 is 0 Å². The quantitative estimate of drug-likeness (QED) is 0.771. The minimum Gasteiger partial charge on any atom is -0.368 e. The number of para-hydroxylation sites is 2. The molecule has 0 aliphatic rings. The molecule has 0 saturated heterocycles. The second-order valence-corrected chi connectivity index (χ2v) is 4.41. The zero-order chi connectivity index (χ0) is 12.9. The number of aromatic nitrogens is 2. The zero-order valence-electron chi connectivity index (χ0n) is 10.6. The van der Waals surface area contributed by atoms with Gasteiger partial charge in [0.25, 0.3) is 0 Å². The number of benzene rings is 2. The fourth-order valence-corrected chi connectivity index (χ4v) is 2.02. The molecule has 0 spiro atoms. The highest BCUT2D eigenvalue weighted by molar-refractivity contribution is 5.75. The molecule has 3 heteroatoms. The maximum Gasteiger partial charge on any atom is 0.145 e. The lowest BCUT2D eigenvalue weighted by atomic mass is 10.1. The summed E-state index contributed by atoms with van der Waals surface area (Å²) in [6, 6.07) is 18.3. The van der Waals surface area contributed by atoms with Crippen LogP contribution in [0.1, 0.15) is 5.56 Å². The molecule has 19 heavy (non-hydrogen) atoms. The van der Waals surface area contributed by atoms with Gasteiger partial charge in [0.1, 0.15) is 5.82 Å². The van der Waals surface area contributed by atoms with Gasteiger partial charge in [-0.25, -0.2) is 4.98 Å². The van der Waals surface area contributed by atoms with Crippen molar-refractivity contribution in [2.45, 2.75) is 6.42 Å². The molecule has 3 nitrogen and oxygen atoms in total. The van der Waals surface area contributed by atoms with Gasteiger partial charge in [-0.15, -0.1) is 0 Å². The predicted octanol–water partition coefficient (Wildman–Crippen LogP) is 3.28. The molecule has 0 atom stereocenters. The first kappa shape index (κ1) is 11.7. The van der Waals surface area contributed by atoms with E-state index in [1.54, 1.807) is 6.20 Å². The lowest BCUT2D eigenvalue weighted by molar-refractivity contribution is 1.01. The summed E-state index contributed by atoms with van der Waals surface area (Å²) in [5, 5.41) is 3.31. The third-order valence-corrected chi connectivity index (χ3v) is 3.01. The molecule has 0 radical (unpaired) electrons. The summed E-state index contributed by atoms with van der Waals surface area (Å²) in [6.45, 7) is 0.858. The molecule has 1 aromatic heterocycles. The van der Waals surface area contributed by atoms with Crippen molar-refractivity contribution in [1.29, 1.82) is 0 Å². The van der Waals surface area contributed by atoms with Gasteiger partial charge < -0.3 is 5.32 Å². The van der Waals surface area contributed by atoms with E-state index in [9.17, 15) is 0 Å². The summed E-state index contributed by atoms with van der Waals surface area (Å²) in [4.78, 5) is 8.91. The summed E-state index contributed by atoms with van der Waals surface area (Å²) >= 11 is 0. The Bertz CT molecular complexity index is 665. The van der Waals surface area contributed by atoms with E-state index in [4.69, 9.17) is 0 Å². The Kier molecular flexibility index (Phi) is 3.36. The molecule has 1 heterocycles. The molecule has 0 fully saturated rings. The third kappa shape index (κ3) is 2.88. The summed E-state index contributed by atoms with van der Waals surface area (Å²) in [7, 11) is 0. The van der Waals surface area contributed by atoms with Crippen LogP contribution in [0.4, 0.5) is 5.82 Å². The number of rotatable bonds is 4. The van der Waals surface area contributed by atoms with Gasteiger partial charge in [-0.2, -0.15) is 0 Å². The van der Waals surface area contributed by atoms with E-state index in [0.29, 0.717) is 0 Å². The van der Waals surface area contributed by atoms with Crippen molar-refractivity contribution in [3.8, 4) is 0 Å². The minimum atomic E-state index is 0.828. The van der Waals surface area contributed by atoms with Crippen LogP contribution in [0.5, 0.6) is 0 Å². The van der Waals surface area contributed by atoms with Crippen molar-refractivity contribution in [2.75, 3.05) is 11.9 Å². The highest BCUT2D eigenvalue weighted by Gasteiger charge is 1.98. The van der Waals surface area contributed by atoms with Gasteiger partial charge in [-0.1, -0.05) is 42.5 Å². The van der Waals surface area contributed by atoms with Gasteiger partial charge in [0, 0.05) is 6.54 Å². The first-order valence-corrected chi connectivity index (χ1v) is 6.41. The van der Waals surface area contributed by atoms with Crippen molar-refractivity contribution < 1.29 is 0 Å². The van der Waals surface area contributed by atoms with Crippen LogP contribution in [-0.2, 0) is 6.42 Å². The summed E-state index contributed by atoms with van der Waals surface area (Å²) in [5.41, 5.74) is 3.17. The number of hydrogen-bond acceptors (Lipinski definition) is 3. The van der Waals surface area contributed by atoms with Crippen LogP contribution < -0.4 is 5.32 Å². The van der Waals surface area contributed by atoms with Crippen LogP contribution in [-0.4, -0.2) is 16.5 Å². The molecule has 0 aliphatic heterocycles. The molecular weight excluding hydrogens is 234 g/mol. The van der Waals surface area contributed by atoms with Crippen LogP contribution in [0.3, 0.4) is 0 Å². The SMILES string of the molecule is c1ccc(CCNc2cnc3ccccc3n2)cc1. The number of anilines is 1. The summed E-state index contributed by atoms with van der Waals surface area (Å²) < 4.78 is 0. The Hall–Kier alpha value is -2.42. The molecule has 0 bridgehead atoms. The summed E-state index contributed by atoms with van der Waals surface area (Å²) in [6.07, 6.45) is 2.77. The molecule has 3 aromatic rings. The van der Waals surface area contributed by atoms with Crippen LogP contribution >= 0.6 is 0 Å². The Balaban J connectivity index is 1.65. The Morgan fingerprint density at radius 2 is 1.58 bits per heavy atom. The Morgan fingerprint density at radius 1 is 0.842 bits per heavy atom. The van der Waals surface area contributed by atoms with Gasteiger partial charge in [0.2, 0.25) is 0 Å². The maximum atomic E-state index is 4.53. The average molecular weight is 249 g/mol. The molecule has 0 saturated carbocycles. The zero-order valence-corrected chi connectivity index (χ0v) is 10.6. The van der Waals surface area contributed by atoms with Crippen LogP contribution in [0.15, 0.2) is 60.8 Å². The van der Waals surface area contributed by atoms with E-state index < -0.39 is 0 Å². The molecule has 1 N–H and O–H groups in total. The number of fused-ring (bicyclic) bond motifs is 1. The number of nitrogens with zero attached hydrogens (tertiary/aromatic N) is 2. The smallest absolute Gasteiger partial charge is 0.145 e. The monoisotopic (exact) mass is 249 g/mol. The highest BCUT2D eigenvalue weighted by atomic mass is 15.0. The third-order valence-electron chi connectivity index (χ3n) is 3.01. The minimum absolute atomic E-state index is 0.828. The van der Waals surface area contributed by atoms with Gasteiger partial charge in [-0.05, 0) is 24.1 Å². The van der Waals surface area contributed by atoms with Crippen LogP contribution in [0, 0.1) is 0 Å². The van der Waals surface area contributed by atoms with E-state index >= 15 is 0 Å². The van der Waals surface area contributed by atoms with Crippen molar-refractivity contribution in [2.24, 2.45) is 0 Å². The van der Waals surface area contributed by atoms with Gasteiger partial charge in [0.15, 0.2) is 0 Å². The van der Waals surface area contributed by atoms with Crippen molar-refractivity contribution in [1.82, 2.24) is 9.97 Å². The van der Waals surface area contributed by atoms with E-state index in [-0.39, 0.29) is 0 Å². The Morgan fingerprint density at radius 3 is 2.42 bits per heavy atom. The topological polar surface area (TPSA) is 37.8 Å². The molecule has 3 rings (SSSR count). The molecular formula is C16H15N3. The van der Waals surface area contributed by atoms with Crippen LogP contribution in [0.2, 0.25) is 0 Å². The van der Waals surface area contributed by atoms with E-state index in [1.165, 1.54) is 5.56 Å². The number of hydrogen-bond donors (Lipinski definition) is 1. The average Bonchev–Trinajstić information content (AvgIpc) is 2.48. The molecule has 2 aromatic carbocycles. The van der Waals surface area contributed by atoms with E-state index in [0.717, 1.165) is 29.8 Å². The molecule has 0 amide bonds. The lowest BCUT2D eigenvalue weighted by Crippen LogP contribution is -2.06.